The first-order valence-electron chi connectivity index (χ1n) is 4.53. The van der Waals surface area contributed by atoms with Gasteiger partial charge in [-0.25, -0.2) is 4.79 Å². The number of benzene rings is 1. The molecule has 6 nitrogen and oxygen atoms in total. The van der Waals surface area contributed by atoms with Gasteiger partial charge in [-0.2, -0.15) is 0 Å². The van der Waals surface area contributed by atoms with Gasteiger partial charge in [0.25, 0.3) is 0 Å². The van der Waals surface area contributed by atoms with Gasteiger partial charge in [-0.3, -0.25) is 9.51 Å². The number of methoxy groups -OCH3 is 2. The van der Waals surface area contributed by atoms with Crippen molar-refractivity contribution in [2.24, 2.45) is 0 Å². The molecule has 6 heteroatoms. The Hall–Kier alpha value is -2.24. The summed E-state index contributed by atoms with van der Waals surface area (Å²) in [5.74, 6) is 0.749. The van der Waals surface area contributed by atoms with E-state index >= 15 is 0 Å². The van der Waals surface area contributed by atoms with Crippen LogP contribution in [0.15, 0.2) is 27.5 Å². The van der Waals surface area contributed by atoms with Gasteiger partial charge in [-0.1, -0.05) is 11.2 Å². The van der Waals surface area contributed by atoms with Crippen LogP contribution in [-0.2, 0) is 0 Å². The lowest BCUT2D eigenvalue weighted by Gasteiger charge is -2.09. The van der Waals surface area contributed by atoms with Gasteiger partial charge in [-0.15, -0.1) is 0 Å². The molecular formula is C10H10N2O4. The second kappa shape index (κ2) is 4.09. The number of nitrogens with one attached hydrogen (secondary N) is 1. The number of ether oxygens (including phenoxy) is 2. The molecule has 0 aliphatic heterocycles. The molecule has 0 spiro atoms. The Morgan fingerprint density at radius 3 is 2.69 bits per heavy atom. The van der Waals surface area contributed by atoms with Crippen LogP contribution in [-0.4, -0.2) is 24.4 Å². The molecule has 1 N–H and O–H groups in total. The monoisotopic (exact) mass is 222 g/mol. The van der Waals surface area contributed by atoms with E-state index in [4.69, 9.17) is 9.47 Å². The zero-order valence-corrected chi connectivity index (χ0v) is 8.81. The first-order valence-corrected chi connectivity index (χ1v) is 4.53. The number of nitrogens with zero attached hydrogens (tertiary/aromatic N) is 1. The molecule has 2 rings (SSSR count). The van der Waals surface area contributed by atoms with Gasteiger partial charge in [0, 0.05) is 0 Å². The number of aromatic amines is 1. The van der Waals surface area contributed by atoms with Gasteiger partial charge >= 0.3 is 5.76 Å². The molecule has 0 aliphatic rings. The highest BCUT2D eigenvalue weighted by molar-refractivity contribution is 5.68. The van der Waals surface area contributed by atoms with Gasteiger partial charge in [-0.05, 0) is 12.1 Å². The second-order valence-corrected chi connectivity index (χ2v) is 2.98. The van der Waals surface area contributed by atoms with E-state index < -0.39 is 5.76 Å². The molecule has 0 saturated carbocycles. The molecule has 0 fully saturated rings. The molecule has 0 bridgehead atoms. The number of para-hydroxylation sites is 1. The molecule has 0 amide bonds. The Balaban J connectivity index is 2.60. The molecule has 0 saturated heterocycles. The number of H-pyrrole nitrogens is 1. The van der Waals surface area contributed by atoms with Crippen LogP contribution < -0.4 is 15.2 Å². The first kappa shape index (κ1) is 10.3. The standard InChI is InChI=1S/C10H10N2O4/c1-14-7-5-3-4-6(8(7)15-2)9-11-10(13)16-12-9/h3-5H,1-2H3,(H,11,12,13). The summed E-state index contributed by atoms with van der Waals surface area (Å²) >= 11 is 0. The third-order valence-electron chi connectivity index (χ3n) is 2.10. The van der Waals surface area contributed by atoms with Crippen LogP contribution in [0, 0.1) is 0 Å². The van der Waals surface area contributed by atoms with Crippen molar-refractivity contribution >= 4 is 0 Å². The Kier molecular flexibility index (Phi) is 2.63. The van der Waals surface area contributed by atoms with Crippen molar-refractivity contribution in [2.45, 2.75) is 0 Å². The number of hydrogen-bond acceptors (Lipinski definition) is 5. The van der Waals surface area contributed by atoms with Gasteiger partial charge < -0.3 is 9.47 Å². The van der Waals surface area contributed by atoms with E-state index in [-0.39, 0.29) is 0 Å². The number of hydrogen-bond donors (Lipinski definition) is 1. The molecule has 1 heterocycles. The summed E-state index contributed by atoms with van der Waals surface area (Å²) in [5, 5.41) is 3.59. The Labute approximate surface area is 90.8 Å². The molecule has 0 atom stereocenters. The van der Waals surface area contributed by atoms with Gasteiger partial charge in [0.05, 0.1) is 19.8 Å². The highest BCUT2D eigenvalue weighted by atomic mass is 16.5. The fourth-order valence-corrected chi connectivity index (χ4v) is 1.42. The van der Waals surface area contributed by atoms with E-state index in [0.29, 0.717) is 22.9 Å². The molecule has 0 unspecified atom stereocenters. The van der Waals surface area contributed by atoms with Crippen LogP contribution in [0.1, 0.15) is 0 Å². The maximum atomic E-state index is 10.9. The summed E-state index contributed by atoms with van der Waals surface area (Å²) in [6.07, 6.45) is 0. The van der Waals surface area contributed by atoms with Crippen LogP contribution in [0.25, 0.3) is 11.4 Å². The number of aromatic nitrogens is 2. The van der Waals surface area contributed by atoms with E-state index in [9.17, 15) is 4.79 Å². The summed E-state index contributed by atoms with van der Waals surface area (Å²) < 4.78 is 14.8. The van der Waals surface area contributed by atoms with E-state index in [1.807, 2.05) is 0 Å². The molecular weight excluding hydrogens is 212 g/mol. The minimum atomic E-state index is -0.611. The average molecular weight is 222 g/mol. The highest BCUT2D eigenvalue weighted by Gasteiger charge is 2.14. The lowest BCUT2D eigenvalue weighted by Crippen LogP contribution is -1.97. The summed E-state index contributed by atoms with van der Waals surface area (Å²) in [6.45, 7) is 0. The minimum absolute atomic E-state index is 0.306. The van der Waals surface area contributed by atoms with Crippen molar-refractivity contribution in [3.8, 4) is 22.9 Å². The molecule has 1 aromatic heterocycles. The van der Waals surface area contributed by atoms with E-state index in [1.54, 1.807) is 18.2 Å². The summed E-state index contributed by atoms with van der Waals surface area (Å²) in [5.41, 5.74) is 0.604. The average Bonchev–Trinajstić information content (AvgIpc) is 2.74. The molecule has 1 aromatic carbocycles. The third kappa shape index (κ3) is 1.65. The van der Waals surface area contributed by atoms with E-state index in [2.05, 4.69) is 14.7 Å². The van der Waals surface area contributed by atoms with Crippen LogP contribution >= 0.6 is 0 Å². The smallest absolute Gasteiger partial charge is 0.439 e. The van der Waals surface area contributed by atoms with Crippen LogP contribution in [0.4, 0.5) is 0 Å². The van der Waals surface area contributed by atoms with Gasteiger partial charge in [0.15, 0.2) is 17.3 Å². The SMILES string of the molecule is COc1cccc(-c2noc(=O)[nH]2)c1OC. The predicted molar refractivity (Wildman–Crippen MR) is 55.7 cm³/mol. The maximum absolute atomic E-state index is 10.9. The predicted octanol–water partition coefficient (Wildman–Crippen LogP) is 1.05. The fraction of sp³-hybridized carbons (Fsp3) is 0.200. The highest BCUT2D eigenvalue weighted by Crippen LogP contribution is 2.35. The normalized spacial score (nSPS) is 10.1. The zero-order chi connectivity index (χ0) is 11.5. The quantitative estimate of drug-likeness (QED) is 0.839. The lowest BCUT2D eigenvalue weighted by atomic mass is 10.2. The third-order valence-corrected chi connectivity index (χ3v) is 2.10. The van der Waals surface area contributed by atoms with Gasteiger partial charge in [0.1, 0.15) is 0 Å². The second-order valence-electron chi connectivity index (χ2n) is 2.98. The van der Waals surface area contributed by atoms with Crippen LogP contribution in [0.3, 0.4) is 0 Å². The van der Waals surface area contributed by atoms with Crippen molar-refractivity contribution in [3.05, 3.63) is 28.7 Å². The first-order chi connectivity index (χ1) is 7.76. The summed E-state index contributed by atoms with van der Waals surface area (Å²) in [6, 6.07) is 5.26. The van der Waals surface area contributed by atoms with Crippen molar-refractivity contribution in [1.82, 2.24) is 10.1 Å². The Morgan fingerprint density at radius 2 is 2.12 bits per heavy atom. The van der Waals surface area contributed by atoms with E-state index in [1.165, 1.54) is 14.2 Å². The maximum Gasteiger partial charge on any atom is 0.439 e. The molecule has 16 heavy (non-hydrogen) atoms. The van der Waals surface area contributed by atoms with Crippen molar-refractivity contribution < 1.29 is 14.0 Å². The summed E-state index contributed by atoms with van der Waals surface area (Å²) in [7, 11) is 3.05. The molecule has 84 valence electrons. The van der Waals surface area contributed by atoms with Crippen molar-refractivity contribution in [2.75, 3.05) is 14.2 Å². The molecule has 0 aliphatic carbocycles. The Morgan fingerprint density at radius 1 is 1.31 bits per heavy atom. The van der Waals surface area contributed by atoms with E-state index in [0.717, 1.165) is 0 Å². The van der Waals surface area contributed by atoms with Crippen molar-refractivity contribution in [1.29, 1.82) is 0 Å². The largest absolute Gasteiger partial charge is 0.493 e. The minimum Gasteiger partial charge on any atom is -0.493 e. The number of rotatable bonds is 3. The zero-order valence-electron chi connectivity index (χ0n) is 8.81. The van der Waals surface area contributed by atoms with Crippen LogP contribution in [0.5, 0.6) is 11.5 Å². The lowest BCUT2D eigenvalue weighted by molar-refractivity contribution is 0.355. The molecule has 0 radical (unpaired) electrons. The topological polar surface area (TPSA) is 77.4 Å². The van der Waals surface area contributed by atoms with Gasteiger partial charge in [0.2, 0.25) is 0 Å². The fourth-order valence-electron chi connectivity index (χ4n) is 1.42. The molecule has 2 aromatic rings. The summed E-state index contributed by atoms with van der Waals surface area (Å²) in [4.78, 5) is 13.3. The van der Waals surface area contributed by atoms with Crippen molar-refractivity contribution in [3.63, 3.8) is 0 Å². The Bertz CT molecular complexity index is 544. The van der Waals surface area contributed by atoms with Crippen LogP contribution in [0.2, 0.25) is 0 Å².